The maximum absolute atomic E-state index is 10.6. The van der Waals surface area contributed by atoms with Crippen molar-refractivity contribution in [3.05, 3.63) is 90.0 Å². The van der Waals surface area contributed by atoms with Gasteiger partial charge in [0.25, 0.3) is 0 Å². The molecule has 0 bridgehead atoms. The number of anilines is 1. The highest BCUT2D eigenvalue weighted by atomic mass is 32.2. The van der Waals surface area contributed by atoms with Crippen LogP contribution in [0.5, 0.6) is 11.6 Å². The van der Waals surface area contributed by atoms with Crippen molar-refractivity contribution in [2.45, 2.75) is 17.1 Å². The summed E-state index contributed by atoms with van der Waals surface area (Å²) in [6.07, 6.45) is -0.554. The highest BCUT2D eigenvalue weighted by Gasteiger charge is 2.26. The number of aromatic nitrogens is 3. The van der Waals surface area contributed by atoms with Gasteiger partial charge in [-0.3, -0.25) is 0 Å². The van der Waals surface area contributed by atoms with Gasteiger partial charge >= 0.3 is 0 Å². The van der Waals surface area contributed by atoms with Gasteiger partial charge in [0.2, 0.25) is 11.0 Å². The largest absolute Gasteiger partial charge is 0.546 e. The number of carbonyl (C=O) groups is 1. The van der Waals surface area contributed by atoms with Crippen LogP contribution in [0.4, 0.5) is 5.69 Å². The highest BCUT2D eigenvalue weighted by molar-refractivity contribution is 7.98. The van der Waals surface area contributed by atoms with E-state index in [1.165, 1.54) is 11.8 Å². The number of hydrogen-bond donors (Lipinski definition) is 1. The molecule has 0 amide bonds. The van der Waals surface area contributed by atoms with Gasteiger partial charge in [0.15, 0.2) is 11.9 Å². The quantitative estimate of drug-likeness (QED) is 0.405. The van der Waals surface area contributed by atoms with E-state index in [0.717, 1.165) is 22.4 Å². The van der Waals surface area contributed by atoms with Crippen molar-refractivity contribution >= 4 is 23.4 Å². The summed E-state index contributed by atoms with van der Waals surface area (Å²) >= 11 is 1.49. The Hall–Kier alpha value is -4.11. The van der Waals surface area contributed by atoms with Gasteiger partial charge in [-0.1, -0.05) is 60.3 Å². The number of aliphatic carboxylic acids is 1. The third-order valence-electron chi connectivity index (χ3n) is 5.08. The predicted octanol–water partition coefficient (Wildman–Crippen LogP) is 3.46. The Morgan fingerprint density at radius 1 is 1.00 bits per heavy atom. The molecule has 1 N–H and O–H groups in total. The fourth-order valence-corrected chi connectivity index (χ4v) is 4.20. The van der Waals surface area contributed by atoms with Crippen LogP contribution in [0.1, 0.15) is 17.4 Å². The lowest BCUT2D eigenvalue weighted by Gasteiger charge is -2.19. The number of ether oxygens (including phenoxy) is 2. The van der Waals surface area contributed by atoms with E-state index >= 15 is 0 Å². The Morgan fingerprint density at radius 2 is 1.76 bits per heavy atom. The van der Waals surface area contributed by atoms with Crippen molar-refractivity contribution in [1.29, 1.82) is 0 Å². The number of hydrogen-bond acceptors (Lipinski definition) is 9. The molecule has 1 aliphatic heterocycles. The molecule has 5 rings (SSSR count). The Bertz CT molecular complexity index is 1300. The molecular formula is C25H19N4O4S-. The molecule has 9 heteroatoms. The molecule has 34 heavy (non-hydrogen) atoms. The van der Waals surface area contributed by atoms with Crippen molar-refractivity contribution in [3.63, 3.8) is 0 Å². The standard InChI is InChI=1S/C25H20N4O4S/c30-21(31)14-32-18-12-10-17(11-13-18)23-26-20-9-5-4-8-19(20)22-24(33-23)27-25(29-28-22)34-15-16-6-2-1-3-7-16/h1-13,23,26H,14-15H2,(H,30,31)/p-1/t23-/m0/s1. The summed E-state index contributed by atoms with van der Waals surface area (Å²) in [5, 5.41) is 23.3. The summed E-state index contributed by atoms with van der Waals surface area (Å²) in [5.74, 6) is 0.239. The van der Waals surface area contributed by atoms with Crippen LogP contribution in [0.2, 0.25) is 0 Å². The van der Waals surface area contributed by atoms with Crippen molar-refractivity contribution in [2.75, 3.05) is 11.9 Å². The number of carboxylic acids is 1. The average Bonchev–Trinajstić information content (AvgIpc) is 3.03. The zero-order valence-electron chi connectivity index (χ0n) is 17.9. The molecule has 0 saturated carbocycles. The van der Waals surface area contributed by atoms with E-state index in [2.05, 4.69) is 32.6 Å². The molecule has 0 fully saturated rings. The van der Waals surface area contributed by atoms with Gasteiger partial charge < -0.3 is 24.7 Å². The molecule has 0 radical (unpaired) electrons. The number of para-hydroxylation sites is 1. The molecule has 0 aliphatic carbocycles. The van der Waals surface area contributed by atoms with Crippen LogP contribution in [-0.4, -0.2) is 27.8 Å². The Morgan fingerprint density at radius 3 is 2.56 bits per heavy atom. The summed E-state index contributed by atoms with van der Waals surface area (Å²) in [5.41, 5.74) is 4.21. The van der Waals surface area contributed by atoms with Crippen LogP contribution in [-0.2, 0) is 10.5 Å². The lowest BCUT2D eigenvalue weighted by atomic mass is 10.1. The molecule has 0 saturated heterocycles. The number of carbonyl (C=O) groups excluding carboxylic acids is 1. The van der Waals surface area contributed by atoms with Crippen LogP contribution in [0.3, 0.4) is 0 Å². The molecule has 3 aromatic carbocycles. The summed E-state index contributed by atoms with van der Waals surface area (Å²) in [7, 11) is 0. The molecule has 170 valence electrons. The maximum Gasteiger partial charge on any atom is 0.247 e. The first kappa shape index (κ1) is 21.7. The number of carboxylic acid groups (broad SMARTS) is 1. The Kier molecular flexibility index (Phi) is 6.26. The molecule has 2 heterocycles. The molecular weight excluding hydrogens is 452 g/mol. The highest BCUT2D eigenvalue weighted by Crippen LogP contribution is 2.39. The second-order valence-electron chi connectivity index (χ2n) is 7.44. The molecule has 1 aromatic heterocycles. The normalized spacial score (nSPS) is 14.1. The summed E-state index contributed by atoms with van der Waals surface area (Å²) < 4.78 is 11.4. The van der Waals surface area contributed by atoms with Gasteiger partial charge in [-0.2, -0.15) is 4.98 Å². The first-order valence-electron chi connectivity index (χ1n) is 10.5. The Balaban J connectivity index is 1.42. The fraction of sp³-hybridized carbons (Fsp3) is 0.120. The smallest absolute Gasteiger partial charge is 0.247 e. The van der Waals surface area contributed by atoms with Gasteiger partial charge in [0.05, 0.1) is 5.97 Å². The lowest BCUT2D eigenvalue weighted by molar-refractivity contribution is -0.307. The minimum absolute atomic E-state index is 0.380. The van der Waals surface area contributed by atoms with E-state index in [1.54, 1.807) is 24.3 Å². The fourth-order valence-electron chi connectivity index (χ4n) is 3.46. The van der Waals surface area contributed by atoms with E-state index in [9.17, 15) is 9.90 Å². The van der Waals surface area contributed by atoms with Gasteiger partial charge in [-0.15, -0.1) is 10.2 Å². The first-order chi connectivity index (χ1) is 16.7. The van der Waals surface area contributed by atoms with Crippen molar-refractivity contribution in [2.24, 2.45) is 0 Å². The SMILES string of the molecule is O=C([O-])COc1ccc([C@H]2Nc3ccccc3-c3nnc(SCc4ccccc4)nc3O2)cc1. The molecule has 0 unspecified atom stereocenters. The zero-order chi connectivity index (χ0) is 23.3. The molecule has 1 aliphatic rings. The van der Waals surface area contributed by atoms with Crippen LogP contribution < -0.4 is 19.9 Å². The molecule has 1 atom stereocenters. The number of thioether (sulfide) groups is 1. The van der Waals surface area contributed by atoms with E-state index in [0.29, 0.717) is 28.2 Å². The third kappa shape index (κ3) is 4.94. The van der Waals surface area contributed by atoms with E-state index < -0.39 is 18.8 Å². The number of benzene rings is 3. The number of nitrogens with one attached hydrogen (secondary N) is 1. The number of fused-ring (bicyclic) bond motifs is 3. The second-order valence-corrected chi connectivity index (χ2v) is 8.38. The van der Waals surface area contributed by atoms with Crippen LogP contribution in [0.15, 0.2) is 84.0 Å². The summed E-state index contributed by atoms with van der Waals surface area (Å²) in [6.45, 7) is -0.510. The zero-order valence-corrected chi connectivity index (χ0v) is 18.7. The third-order valence-corrected chi connectivity index (χ3v) is 5.99. The van der Waals surface area contributed by atoms with Crippen LogP contribution >= 0.6 is 11.8 Å². The van der Waals surface area contributed by atoms with Crippen molar-refractivity contribution < 1.29 is 19.4 Å². The molecule has 4 aromatic rings. The molecule has 8 nitrogen and oxygen atoms in total. The minimum Gasteiger partial charge on any atom is -0.546 e. The number of rotatable bonds is 7. The monoisotopic (exact) mass is 471 g/mol. The van der Waals surface area contributed by atoms with Gasteiger partial charge in [0, 0.05) is 22.6 Å². The van der Waals surface area contributed by atoms with E-state index in [1.807, 2.05) is 42.5 Å². The van der Waals surface area contributed by atoms with Crippen molar-refractivity contribution in [1.82, 2.24) is 15.2 Å². The predicted molar refractivity (Wildman–Crippen MR) is 125 cm³/mol. The lowest BCUT2D eigenvalue weighted by Crippen LogP contribution is -2.28. The van der Waals surface area contributed by atoms with Gasteiger partial charge in [-0.25, -0.2) is 0 Å². The number of nitrogens with zero attached hydrogens (tertiary/aromatic N) is 3. The summed E-state index contributed by atoms with van der Waals surface area (Å²) in [4.78, 5) is 15.3. The minimum atomic E-state index is -1.28. The van der Waals surface area contributed by atoms with Crippen molar-refractivity contribution in [3.8, 4) is 22.9 Å². The van der Waals surface area contributed by atoms with E-state index in [-0.39, 0.29) is 0 Å². The van der Waals surface area contributed by atoms with E-state index in [4.69, 9.17) is 9.47 Å². The van der Waals surface area contributed by atoms with Crippen LogP contribution in [0, 0.1) is 0 Å². The maximum atomic E-state index is 10.6. The molecule has 0 spiro atoms. The topological polar surface area (TPSA) is 109 Å². The second kappa shape index (κ2) is 9.80. The van der Waals surface area contributed by atoms with Gasteiger partial charge in [-0.05, 0) is 35.9 Å². The summed E-state index contributed by atoms with van der Waals surface area (Å²) in [6, 6.07) is 24.8. The van der Waals surface area contributed by atoms with Crippen LogP contribution in [0.25, 0.3) is 11.3 Å². The Labute approximate surface area is 200 Å². The van der Waals surface area contributed by atoms with Gasteiger partial charge in [0.1, 0.15) is 12.4 Å². The first-order valence-corrected chi connectivity index (χ1v) is 11.5. The average molecular weight is 472 g/mol.